The summed E-state index contributed by atoms with van der Waals surface area (Å²) in [6.07, 6.45) is 3.29. The Labute approximate surface area is 155 Å². The van der Waals surface area contributed by atoms with Crippen molar-refractivity contribution in [1.29, 1.82) is 0 Å². The minimum Gasteiger partial charge on any atom is -0.390 e. The first kappa shape index (κ1) is 20.4. The molecule has 0 aromatic heterocycles. The number of benzene rings is 1. The Morgan fingerprint density at radius 2 is 2.00 bits per heavy atom. The number of nitrogens with one attached hydrogen (secondary N) is 1. The fourth-order valence-electron chi connectivity index (χ4n) is 3.19. The third-order valence-electron chi connectivity index (χ3n) is 4.86. The van der Waals surface area contributed by atoms with Crippen molar-refractivity contribution in [3.63, 3.8) is 0 Å². The molecule has 1 aliphatic rings. The lowest BCUT2D eigenvalue weighted by Crippen LogP contribution is -2.44. The molecule has 1 aromatic carbocycles. The molecule has 4 N–H and O–H groups in total. The van der Waals surface area contributed by atoms with Gasteiger partial charge in [-0.05, 0) is 63.8 Å². The summed E-state index contributed by atoms with van der Waals surface area (Å²) < 4.78 is 0. The quantitative estimate of drug-likeness (QED) is 0.651. The molecule has 6 heteroatoms. The van der Waals surface area contributed by atoms with Gasteiger partial charge in [0.1, 0.15) is 0 Å². The largest absolute Gasteiger partial charge is 0.390 e. The van der Waals surface area contributed by atoms with Gasteiger partial charge in [0.05, 0.1) is 11.5 Å². The molecule has 1 saturated heterocycles. The van der Waals surface area contributed by atoms with Gasteiger partial charge in [-0.2, -0.15) is 0 Å². The maximum absolute atomic E-state index is 12.2. The van der Waals surface area contributed by atoms with Crippen molar-refractivity contribution in [1.82, 2.24) is 10.2 Å². The molecule has 2 amide bonds. The number of primary amides is 1. The summed E-state index contributed by atoms with van der Waals surface area (Å²) in [6, 6.07) is 7.50. The van der Waals surface area contributed by atoms with Crippen LogP contribution in [0.2, 0.25) is 0 Å². The number of hydrogen-bond donors (Lipinski definition) is 3. The average molecular weight is 361 g/mol. The molecule has 1 fully saturated rings. The topological polar surface area (TPSA) is 95.7 Å². The van der Waals surface area contributed by atoms with Gasteiger partial charge in [-0.25, -0.2) is 0 Å². The van der Waals surface area contributed by atoms with Crippen LogP contribution in [0.1, 0.15) is 49.0 Å². The number of hydrogen-bond acceptors (Lipinski definition) is 4. The molecule has 2 rings (SSSR count). The number of nitrogens with zero attached hydrogens (tertiary/aromatic N) is 1. The number of carbonyl (C=O) groups excluding carboxylic acids is 2. The van der Waals surface area contributed by atoms with Crippen LogP contribution in [-0.4, -0.2) is 53.6 Å². The van der Waals surface area contributed by atoms with Gasteiger partial charge in [0.15, 0.2) is 0 Å². The lowest BCUT2D eigenvalue weighted by atomic mass is 9.97. The predicted octanol–water partition coefficient (Wildman–Crippen LogP) is 1.32. The highest BCUT2D eigenvalue weighted by Gasteiger charge is 2.23. The van der Waals surface area contributed by atoms with Crippen LogP contribution in [0, 0.1) is 5.92 Å². The van der Waals surface area contributed by atoms with Gasteiger partial charge in [0, 0.05) is 25.2 Å². The van der Waals surface area contributed by atoms with E-state index in [1.807, 2.05) is 24.3 Å². The zero-order valence-electron chi connectivity index (χ0n) is 15.8. The Morgan fingerprint density at radius 1 is 1.31 bits per heavy atom. The maximum atomic E-state index is 12.2. The van der Waals surface area contributed by atoms with Crippen LogP contribution in [0.5, 0.6) is 0 Å². The molecule has 0 spiro atoms. The Balaban J connectivity index is 1.75. The first-order chi connectivity index (χ1) is 12.2. The van der Waals surface area contributed by atoms with E-state index in [0.29, 0.717) is 25.1 Å². The molecular weight excluding hydrogens is 330 g/mol. The van der Waals surface area contributed by atoms with Crippen molar-refractivity contribution in [3.8, 4) is 0 Å². The van der Waals surface area contributed by atoms with Crippen molar-refractivity contribution in [2.24, 2.45) is 11.7 Å². The number of aryl methyl sites for hydroxylation is 1. The second-order valence-electron chi connectivity index (χ2n) is 7.81. The summed E-state index contributed by atoms with van der Waals surface area (Å²) in [5.74, 6) is -0.401. The molecule has 1 aromatic rings. The van der Waals surface area contributed by atoms with Gasteiger partial charge < -0.3 is 21.1 Å². The van der Waals surface area contributed by atoms with Crippen LogP contribution in [-0.2, 0) is 11.2 Å². The van der Waals surface area contributed by atoms with Crippen molar-refractivity contribution >= 4 is 11.8 Å². The normalized spacial score (nSPS) is 18.5. The number of amides is 2. The van der Waals surface area contributed by atoms with Crippen LogP contribution in [0.15, 0.2) is 24.3 Å². The van der Waals surface area contributed by atoms with E-state index in [1.54, 1.807) is 13.8 Å². The Kier molecular flexibility index (Phi) is 7.17. The fourth-order valence-corrected chi connectivity index (χ4v) is 3.19. The Morgan fingerprint density at radius 3 is 2.62 bits per heavy atom. The zero-order chi connectivity index (χ0) is 19.2. The summed E-state index contributed by atoms with van der Waals surface area (Å²) in [4.78, 5) is 25.7. The summed E-state index contributed by atoms with van der Waals surface area (Å²) in [7, 11) is 0. The number of nitrogens with two attached hydrogens (primary N) is 1. The first-order valence-corrected chi connectivity index (χ1v) is 9.36. The lowest BCUT2D eigenvalue weighted by molar-refractivity contribution is -0.123. The number of likely N-dealkylation sites (tertiary alicyclic amines) is 1. The van der Waals surface area contributed by atoms with Gasteiger partial charge in [-0.15, -0.1) is 0 Å². The van der Waals surface area contributed by atoms with Gasteiger partial charge in [-0.3, -0.25) is 9.59 Å². The van der Waals surface area contributed by atoms with E-state index in [9.17, 15) is 14.7 Å². The number of piperidine rings is 1. The molecule has 0 saturated carbocycles. The van der Waals surface area contributed by atoms with Gasteiger partial charge in [-0.1, -0.05) is 12.1 Å². The first-order valence-electron chi connectivity index (χ1n) is 9.36. The van der Waals surface area contributed by atoms with Crippen LogP contribution in [0.3, 0.4) is 0 Å². The third kappa shape index (κ3) is 6.77. The summed E-state index contributed by atoms with van der Waals surface area (Å²) >= 11 is 0. The molecule has 144 valence electrons. The van der Waals surface area contributed by atoms with E-state index in [1.165, 1.54) is 0 Å². The lowest BCUT2D eigenvalue weighted by Gasteiger charge is -2.31. The molecule has 0 aliphatic carbocycles. The fraction of sp³-hybridized carbons (Fsp3) is 0.600. The smallest absolute Gasteiger partial charge is 0.251 e. The van der Waals surface area contributed by atoms with E-state index in [0.717, 1.165) is 37.9 Å². The highest BCUT2D eigenvalue weighted by atomic mass is 16.3. The maximum Gasteiger partial charge on any atom is 0.251 e. The molecule has 1 heterocycles. The molecule has 1 atom stereocenters. The highest BCUT2D eigenvalue weighted by molar-refractivity contribution is 5.94. The monoisotopic (exact) mass is 361 g/mol. The third-order valence-corrected chi connectivity index (χ3v) is 4.86. The van der Waals surface area contributed by atoms with Crippen LogP contribution >= 0.6 is 0 Å². The number of carbonyl (C=O) groups is 2. The minimum absolute atomic E-state index is 0.0732. The molecule has 26 heavy (non-hydrogen) atoms. The second-order valence-corrected chi connectivity index (χ2v) is 7.81. The summed E-state index contributed by atoms with van der Waals surface area (Å²) in [6.45, 7) is 6.48. The number of aliphatic hydroxyl groups is 1. The second kappa shape index (κ2) is 9.14. The van der Waals surface area contributed by atoms with Crippen molar-refractivity contribution in [2.45, 2.75) is 45.1 Å². The van der Waals surface area contributed by atoms with Crippen molar-refractivity contribution < 1.29 is 14.7 Å². The zero-order valence-corrected chi connectivity index (χ0v) is 15.8. The Bertz CT molecular complexity index is 608. The Hall–Kier alpha value is -1.92. The van der Waals surface area contributed by atoms with Gasteiger partial charge in [0.25, 0.3) is 5.91 Å². The highest BCUT2D eigenvalue weighted by Crippen LogP contribution is 2.16. The summed E-state index contributed by atoms with van der Waals surface area (Å²) in [5, 5.41) is 12.7. The van der Waals surface area contributed by atoms with Crippen molar-refractivity contribution in [2.75, 3.05) is 26.2 Å². The van der Waals surface area contributed by atoms with E-state index in [4.69, 9.17) is 5.73 Å². The predicted molar refractivity (Wildman–Crippen MR) is 102 cm³/mol. The van der Waals surface area contributed by atoms with E-state index < -0.39 is 5.60 Å². The summed E-state index contributed by atoms with van der Waals surface area (Å²) in [5.41, 5.74) is 6.44. The number of rotatable bonds is 8. The van der Waals surface area contributed by atoms with Gasteiger partial charge >= 0.3 is 0 Å². The average Bonchev–Trinajstić information content (AvgIpc) is 2.60. The molecule has 1 aliphatic heterocycles. The van der Waals surface area contributed by atoms with Crippen LogP contribution < -0.4 is 11.1 Å². The molecule has 0 bridgehead atoms. The van der Waals surface area contributed by atoms with E-state index in [2.05, 4.69) is 10.2 Å². The molecule has 1 unspecified atom stereocenters. The standard InChI is InChI=1S/C20H31N3O3/c1-20(2,26)10-9-15-5-7-16(8-6-15)19(25)22-11-13-23-12-3-4-17(14-23)18(21)24/h5-8,17,26H,3-4,9-14H2,1-2H3,(H2,21,24)(H,22,25). The van der Waals surface area contributed by atoms with Gasteiger partial charge in [0.2, 0.25) is 5.91 Å². The molecule has 0 radical (unpaired) electrons. The van der Waals surface area contributed by atoms with E-state index >= 15 is 0 Å². The minimum atomic E-state index is -0.683. The van der Waals surface area contributed by atoms with Crippen LogP contribution in [0.4, 0.5) is 0 Å². The SMILES string of the molecule is CC(C)(O)CCc1ccc(C(=O)NCCN2CCCC(C(N)=O)C2)cc1. The molecule has 6 nitrogen and oxygen atoms in total. The van der Waals surface area contributed by atoms with Crippen LogP contribution in [0.25, 0.3) is 0 Å². The van der Waals surface area contributed by atoms with E-state index in [-0.39, 0.29) is 17.7 Å². The van der Waals surface area contributed by atoms with Crippen molar-refractivity contribution in [3.05, 3.63) is 35.4 Å². The molecular formula is C20H31N3O3.